The quantitative estimate of drug-likeness (QED) is 0.439. The van der Waals surface area contributed by atoms with E-state index in [0.29, 0.717) is 35.0 Å². The van der Waals surface area contributed by atoms with E-state index in [-0.39, 0.29) is 11.8 Å². The van der Waals surface area contributed by atoms with Crippen molar-refractivity contribution in [2.24, 2.45) is 0 Å². The fourth-order valence-corrected chi connectivity index (χ4v) is 4.12. The molecular formula is C25H30N4O3S. The van der Waals surface area contributed by atoms with Crippen molar-refractivity contribution in [3.8, 4) is 5.75 Å². The van der Waals surface area contributed by atoms with E-state index in [0.717, 1.165) is 30.4 Å². The SMILES string of the molecule is CCN(CC)CCNC(=O)c1ccc(NC(=O)c2sc(COc3ccccc3)nc2C)cc1. The summed E-state index contributed by atoms with van der Waals surface area (Å²) in [6.07, 6.45) is 0. The Morgan fingerprint density at radius 3 is 2.36 bits per heavy atom. The lowest BCUT2D eigenvalue weighted by Crippen LogP contribution is -2.34. The number of rotatable bonds is 11. The van der Waals surface area contributed by atoms with Gasteiger partial charge in [0.15, 0.2) is 0 Å². The number of anilines is 1. The predicted octanol–water partition coefficient (Wildman–Crippen LogP) is 4.35. The second-order valence-corrected chi connectivity index (χ2v) is 8.52. The van der Waals surface area contributed by atoms with Crippen molar-refractivity contribution in [1.29, 1.82) is 0 Å². The van der Waals surface area contributed by atoms with E-state index < -0.39 is 0 Å². The summed E-state index contributed by atoms with van der Waals surface area (Å²) in [5, 5.41) is 6.54. The maximum Gasteiger partial charge on any atom is 0.267 e. The van der Waals surface area contributed by atoms with E-state index >= 15 is 0 Å². The average molecular weight is 467 g/mol. The number of aryl methyl sites for hydroxylation is 1. The van der Waals surface area contributed by atoms with Gasteiger partial charge in [0.05, 0.1) is 5.69 Å². The molecule has 0 aliphatic rings. The zero-order chi connectivity index (χ0) is 23.6. The van der Waals surface area contributed by atoms with Gasteiger partial charge in [-0.2, -0.15) is 0 Å². The summed E-state index contributed by atoms with van der Waals surface area (Å²) in [7, 11) is 0. The van der Waals surface area contributed by atoms with E-state index in [9.17, 15) is 9.59 Å². The Kier molecular flexibility index (Phi) is 8.97. The number of benzene rings is 2. The molecule has 2 N–H and O–H groups in total. The molecule has 0 fully saturated rings. The maximum atomic E-state index is 12.7. The van der Waals surface area contributed by atoms with Crippen LogP contribution in [0.25, 0.3) is 0 Å². The van der Waals surface area contributed by atoms with Crippen molar-refractivity contribution in [3.05, 3.63) is 75.7 Å². The smallest absolute Gasteiger partial charge is 0.267 e. The molecule has 33 heavy (non-hydrogen) atoms. The number of thiazole rings is 1. The van der Waals surface area contributed by atoms with Crippen LogP contribution in [0.4, 0.5) is 5.69 Å². The highest BCUT2D eigenvalue weighted by Crippen LogP contribution is 2.22. The standard InChI is InChI=1S/C25H30N4O3S/c1-4-29(5-2)16-15-26-24(30)19-11-13-20(14-12-19)28-25(31)23-18(3)27-22(33-23)17-32-21-9-7-6-8-10-21/h6-14H,4-5,15-17H2,1-3H3,(H,26,30)(H,28,31). The van der Waals surface area contributed by atoms with Gasteiger partial charge >= 0.3 is 0 Å². The molecule has 0 aliphatic heterocycles. The van der Waals surface area contributed by atoms with Crippen molar-refractivity contribution in [1.82, 2.24) is 15.2 Å². The molecule has 0 spiro atoms. The maximum absolute atomic E-state index is 12.7. The molecule has 7 nitrogen and oxygen atoms in total. The number of nitrogens with zero attached hydrogens (tertiary/aromatic N) is 2. The van der Waals surface area contributed by atoms with Crippen LogP contribution in [0.5, 0.6) is 5.75 Å². The van der Waals surface area contributed by atoms with E-state index in [1.807, 2.05) is 37.3 Å². The number of aromatic nitrogens is 1. The first-order chi connectivity index (χ1) is 16.0. The summed E-state index contributed by atoms with van der Waals surface area (Å²) >= 11 is 1.31. The van der Waals surface area contributed by atoms with Gasteiger partial charge in [-0.25, -0.2) is 4.98 Å². The Morgan fingerprint density at radius 1 is 1.00 bits per heavy atom. The first-order valence-electron chi connectivity index (χ1n) is 11.1. The van der Waals surface area contributed by atoms with E-state index in [1.54, 1.807) is 24.3 Å². The van der Waals surface area contributed by atoms with Crippen LogP contribution in [0, 0.1) is 6.92 Å². The molecule has 2 aromatic carbocycles. The minimum absolute atomic E-state index is 0.124. The van der Waals surface area contributed by atoms with Gasteiger partial charge in [0, 0.05) is 24.3 Å². The zero-order valence-corrected chi connectivity index (χ0v) is 20.1. The highest BCUT2D eigenvalue weighted by Gasteiger charge is 2.16. The van der Waals surface area contributed by atoms with Crippen LogP contribution < -0.4 is 15.4 Å². The summed E-state index contributed by atoms with van der Waals surface area (Å²) in [6.45, 7) is 9.66. The average Bonchev–Trinajstić information content (AvgIpc) is 3.22. The third-order valence-corrected chi connectivity index (χ3v) is 6.30. The number of carbonyl (C=O) groups excluding carboxylic acids is 2. The Labute approximate surface area is 198 Å². The predicted molar refractivity (Wildman–Crippen MR) is 132 cm³/mol. The minimum Gasteiger partial charge on any atom is -0.486 e. The number of carbonyl (C=O) groups is 2. The summed E-state index contributed by atoms with van der Waals surface area (Å²) < 4.78 is 5.72. The summed E-state index contributed by atoms with van der Waals surface area (Å²) in [5.74, 6) is 0.405. The topological polar surface area (TPSA) is 83.6 Å². The van der Waals surface area contributed by atoms with Crippen LogP contribution in [0.3, 0.4) is 0 Å². The van der Waals surface area contributed by atoms with Crippen LogP contribution in [0.15, 0.2) is 54.6 Å². The molecule has 3 aromatic rings. The van der Waals surface area contributed by atoms with Crippen LogP contribution in [-0.4, -0.2) is 47.9 Å². The lowest BCUT2D eigenvalue weighted by atomic mass is 10.2. The molecule has 0 unspecified atom stereocenters. The lowest BCUT2D eigenvalue weighted by molar-refractivity contribution is 0.0948. The van der Waals surface area contributed by atoms with Gasteiger partial charge in [0.1, 0.15) is 22.2 Å². The van der Waals surface area contributed by atoms with Crippen molar-refractivity contribution < 1.29 is 14.3 Å². The Morgan fingerprint density at radius 2 is 1.70 bits per heavy atom. The van der Waals surface area contributed by atoms with Gasteiger partial charge in [-0.15, -0.1) is 11.3 Å². The molecule has 8 heteroatoms. The second kappa shape index (κ2) is 12.1. The molecule has 0 saturated carbocycles. The van der Waals surface area contributed by atoms with E-state index in [2.05, 4.69) is 34.4 Å². The van der Waals surface area contributed by atoms with Crippen LogP contribution in [0.2, 0.25) is 0 Å². The molecule has 0 saturated heterocycles. The Bertz CT molecular complexity index is 1050. The molecule has 2 amide bonds. The second-order valence-electron chi connectivity index (χ2n) is 7.44. The molecule has 0 atom stereocenters. The Balaban J connectivity index is 1.53. The molecule has 0 radical (unpaired) electrons. The van der Waals surface area contributed by atoms with Gasteiger partial charge in [0.25, 0.3) is 11.8 Å². The number of para-hydroxylation sites is 1. The molecule has 3 rings (SSSR count). The summed E-state index contributed by atoms with van der Waals surface area (Å²) in [6, 6.07) is 16.4. The lowest BCUT2D eigenvalue weighted by Gasteiger charge is -2.17. The highest BCUT2D eigenvalue weighted by molar-refractivity contribution is 7.13. The number of amides is 2. The molecule has 1 heterocycles. The van der Waals surface area contributed by atoms with Crippen molar-refractivity contribution in [2.45, 2.75) is 27.4 Å². The highest BCUT2D eigenvalue weighted by atomic mass is 32.1. The van der Waals surface area contributed by atoms with Crippen LogP contribution in [-0.2, 0) is 6.61 Å². The van der Waals surface area contributed by atoms with Gasteiger partial charge in [-0.05, 0) is 56.4 Å². The first-order valence-corrected chi connectivity index (χ1v) is 11.9. The normalized spacial score (nSPS) is 10.8. The van der Waals surface area contributed by atoms with Crippen LogP contribution in [0.1, 0.15) is 44.6 Å². The molecular weight excluding hydrogens is 436 g/mol. The van der Waals surface area contributed by atoms with Gasteiger partial charge < -0.3 is 20.3 Å². The number of ether oxygens (including phenoxy) is 1. The fourth-order valence-electron chi connectivity index (χ4n) is 3.25. The fraction of sp³-hybridized carbons (Fsp3) is 0.320. The van der Waals surface area contributed by atoms with Gasteiger partial charge in [-0.1, -0.05) is 32.0 Å². The van der Waals surface area contributed by atoms with Gasteiger partial charge in [-0.3, -0.25) is 9.59 Å². The third-order valence-electron chi connectivity index (χ3n) is 5.17. The number of hydrogen-bond acceptors (Lipinski definition) is 6. The van der Waals surface area contributed by atoms with Crippen molar-refractivity contribution in [2.75, 3.05) is 31.5 Å². The van der Waals surface area contributed by atoms with E-state index in [1.165, 1.54) is 11.3 Å². The van der Waals surface area contributed by atoms with Crippen molar-refractivity contribution >= 4 is 28.8 Å². The molecule has 1 aromatic heterocycles. The number of nitrogens with one attached hydrogen (secondary N) is 2. The largest absolute Gasteiger partial charge is 0.486 e. The summed E-state index contributed by atoms with van der Waals surface area (Å²) in [5.41, 5.74) is 1.84. The number of hydrogen-bond donors (Lipinski definition) is 2. The first kappa shape index (κ1) is 24.4. The number of likely N-dealkylation sites (N-methyl/N-ethyl adjacent to an activating group) is 1. The minimum atomic E-state index is -0.229. The zero-order valence-electron chi connectivity index (χ0n) is 19.3. The van der Waals surface area contributed by atoms with E-state index in [4.69, 9.17) is 4.74 Å². The van der Waals surface area contributed by atoms with Crippen LogP contribution >= 0.6 is 11.3 Å². The third kappa shape index (κ3) is 7.13. The monoisotopic (exact) mass is 466 g/mol. The Hall–Kier alpha value is -3.23. The van der Waals surface area contributed by atoms with Gasteiger partial charge in [0.2, 0.25) is 0 Å². The summed E-state index contributed by atoms with van der Waals surface area (Å²) in [4.78, 5) is 32.3. The molecule has 0 bridgehead atoms. The van der Waals surface area contributed by atoms with Crippen molar-refractivity contribution in [3.63, 3.8) is 0 Å². The molecule has 0 aliphatic carbocycles. The molecule has 174 valence electrons.